The molecule has 0 bridgehead atoms. The molecular weight excluding hydrogens is 178 g/mol. The zero-order valence-corrected chi connectivity index (χ0v) is 6.96. The van der Waals surface area contributed by atoms with E-state index in [1.807, 2.05) is 6.92 Å². The molecule has 1 rings (SSSR count). The molecule has 1 aromatic carbocycles. The van der Waals surface area contributed by atoms with Crippen molar-refractivity contribution in [1.29, 1.82) is 0 Å². The minimum Gasteiger partial charge on any atom is -0.205 e. The molecule has 0 saturated heterocycles. The van der Waals surface area contributed by atoms with Gasteiger partial charge in [0.25, 0.3) is 6.43 Å². The third-order valence-corrected chi connectivity index (χ3v) is 1.33. The van der Waals surface area contributed by atoms with Gasteiger partial charge in [0.15, 0.2) is 0 Å². The van der Waals surface area contributed by atoms with E-state index < -0.39 is 6.43 Å². The smallest absolute Gasteiger partial charge is 0.205 e. The van der Waals surface area contributed by atoms with E-state index in [2.05, 4.69) is 0 Å². The maximum absolute atomic E-state index is 11.9. The second-order valence-electron chi connectivity index (χ2n) is 2.29. The number of hydrogen-bond acceptors (Lipinski definition) is 2. The van der Waals surface area contributed by atoms with Crippen molar-refractivity contribution in [3.8, 4) is 0 Å². The number of alkyl halides is 2. The van der Waals surface area contributed by atoms with Crippen molar-refractivity contribution in [2.45, 2.75) is 13.3 Å². The van der Waals surface area contributed by atoms with Crippen LogP contribution in [0.5, 0.6) is 0 Å². The summed E-state index contributed by atoms with van der Waals surface area (Å²) in [6.07, 6.45) is -2.10. The molecule has 13 heavy (non-hydrogen) atoms. The van der Waals surface area contributed by atoms with Crippen molar-refractivity contribution in [2.24, 2.45) is 0 Å². The molecule has 0 amide bonds. The summed E-state index contributed by atoms with van der Waals surface area (Å²) in [5.74, 6) is 0. The lowest BCUT2D eigenvalue weighted by atomic mass is 10.2. The fourth-order valence-corrected chi connectivity index (χ4v) is 0.712. The highest BCUT2D eigenvalue weighted by Gasteiger charge is 2.03. The monoisotopic (exact) mass is 186 g/mol. The Labute approximate surface area is 74.2 Å². The predicted molar refractivity (Wildman–Crippen MR) is 41.1 cm³/mol. The second-order valence-corrected chi connectivity index (χ2v) is 2.29. The van der Waals surface area contributed by atoms with Crippen LogP contribution in [0.1, 0.15) is 17.6 Å². The Morgan fingerprint density at radius 2 is 1.54 bits per heavy atom. The van der Waals surface area contributed by atoms with Gasteiger partial charge in [-0.2, -0.15) is 9.59 Å². The van der Waals surface area contributed by atoms with E-state index in [-0.39, 0.29) is 11.7 Å². The van der Waals surface area contributed by atoms with Crippen LogP contribution in [0.2, 0.25) is 0 Å². The average Bonchev–Trinajstić information content (AvgIpc) is 2.06. The topological polar surface area (TPSA) is 34.1 Å². The van der Waals surface area contributed by atoms with Crippen LogP contribution < -0.4 is 0 Å². The first-order valence-electron chi connectivity index (χ1n) is 3.45. The van der Waals surface area contributed by atoms with Gasteiger partial charge in [-0.3, -0.25) is 0 Å². The van der Waals surface area contributed by atoms with Gasteiger partial charge in [0, 0.05) is 5.56 Å². The third kappa shape index (κ3) is 4.82. The standard InChI is InChI=1S/C8H8F2.CO2/c1-6-2-4-7(5-3-6)8(9)10;2-1-3/h2-5,8H,1H3;. The third-order valence-electron chi connectivity index (χ3n) is 1.33. The second kappa shape index (κ2) is 6.03. The Balaban J connectivity index is 0.000000424. The molecule has 0 aliphatic carbocycles. The number of halogens is 2. The highest BCUT2D eigenvalue weighted by molar-refractivity contribution is 5.21. The van der Waals surface area contributed by atoms with Crippen LogP contribution in [0, 0.1) is 6.92 Å². The lowest BCUT2D eigenvalue weighted by Gasteiger charge is -1.97. The molecule has 0 unspecified atom stereocenters. The van der Waals surface area contributed by atoms with Crippen LogP contribution in [-0.2, 0) is 9.59 Å². The molecular formula is C9H8F2O2. The fourth-order valence-electron chi connectivity index (χ4n) is 0.712. The summed E-state index contributed by atoms with van der Waals surface area (Å²) in [6.45, 7) is 1.87. The van der Waals surface area contributed by atoms with Crippen LogP contribution in [0.25, 0.3) is 0 Å². The van der Waals surface area contributed by atoms with Crippen molar-refractivity contribution in [3.63, 3.8) is 0 Å². The van der Waals surface area contributed by atoms with Gasteiger partial charge in [0.1, 0.15) is 0 Å². The molecule has 0 saturated carbocycles. The minimum atomic E-state index is -2.35. The van der Waals surface area contributed by atoms with E-state index in [4.69, 9.17) is 9.59 Å². The van der Waals surface area contributed by atoms with E-state index in [1.165, 1.54) is 12.1 Å². The summed E-state index contributed by atoms with van der Waals surface area (Å²) in [4.78, 5) is 16.2. The van der Waals surface area contributed by atoms with Crippen molar-refractivity contribution < 1.29 is 18.4 Å². The van der Waals surface area contributed by atoms with Crippen molar-refractivity contribution >= 4 is 6.15 Å². The van der Waals surface area contributed by atoms with E-state index >= 15 is 0 Å². The first kappa shape index (κ1) is 11.5. The Hall–Kier alpha value is -1.54. The molecule has 2 nitrogen and oxygen atoms in total. The number of carbonyl (C=O) groups excluding carboxylic acids is 2. The minimum absolute atomic E-state index is 0.0885. The molecule has 0 aliphatic heterocycles. The highest BCUT2D eigenvalue weighted by atomic mass is 19.3. The Bertz CT molecular complexity index is 274. The van der Waals surface area contributed by atoms with E-state index in [0.717, 1.165) is 5.56 Å². The van der Waals surface area contributed by atoms with Gasteiger partial charge in [-0.05, 0) is 6.92 Å². The molecule has 0 radical (unpaired) electrons. The summed E-state index contributed by atoms with van der Waals surface area (Å²) < 4.78 is 23.8. The Kier molecular flexibility index (Phi) is 5.32. The summed E-state index contributed by atoms with van der Waals surface area (Å²) in [6, 6.07) is 6.25. The average molecular weight is 186 g/mol. The first-order chi connectivity index (χ1) is 6.11. The number of benzene rings is 1. The van der Waals surface area contributed by atoms with Crippen molar-refractivity contribution in [1.82, 2.24) is 0 Å². The molecule has 0 heterocycles. The highest BCUT2D eigenvalue weighted by Crippen LogP contribution is 2.17. The molecule has 1 aromatic rings. The molecule has 0 aromatic heterocycles. The Morgan fingerprint density at radius 1 is 1.15 bits per heavy atom. The number of rotatable bonds is 1. The van der Waals surface area contributed by atoms with E-state index in [0.29, 0.717) is 0 Å². The van der Waals surface area contributed by atoms with Crippen LogP contribution in [-0.4, -0.2) is 6.15 Å². The Morgan fingerprint density at radius 3 is 1.85 bits per heavy atom. The molecule has 70 valence electrons. The number of aryl methyl sites for hydroxylation is 1. The molecule has 0 aliphatic rings. The maximum Gasteiger partial charge on any atom is 0.373 e. The lowest BCUT2D eigenvalue weighted by Crippen LogP contribution is -1.82. The van der Waals surface area contributed by atoms with Gasteiger partial charge in [0.05, 0.1) is 0 Å². The molecule has 0 spiro atoms. The van der Waals surface area contributed by atoms with Crippen molar-refractivity contribution in [3.05, 3.63) is 35.4 Å². The molecule has 0 fully saturated rings. The largest absolute Gasteiger partial charge is 0.373 e. The van der Waals surface area contributed by atoms with Gasteiger partial charge in [-0.25, -0.2) is 8.78 Å². The molecule has 0 atom stereocenters. The van der Waals surface area contributed by atoms with Crippen LogP contribution in [0.4, 0.5) is 8.78 Å². The normalized spacial score (nSPS) is 8.62. The zero-order chi connectivity index (χ0) is 10.3. The lowest BCUT2D eigenvalue weighted by molar-refractivity contribution is -0.191. The van der Waals surface area contributed by atoms with Crippen molar-refractivity contribution in [2.75, 3.05) is 0 Å². The quantitative estimate of drug-likeness (QED) is 0.674. The van der Waals surface area contributed by atoms with Gasteiger partial charge >= 0.3 is 6.15 Å². The number of hydrogen-bond donors (Lipinski definition) is 0. The summed E-state index contributed by atoms with van der Waals surface area (Å²) >= 11 is 0. The van der Waals surface area contributed by atoms with Gasteiger partial charge < -0.3 is 0 Å². The molecule has 0 N–H and O–H groups in total. The van der Waals surface area contributed by atoms with Crippen LogP contribution in [0.3, 0.4) is 0 Å². The fraction of sp³-hybridized carbons (Fsp3) is 0.222. The zero-order valence-electron chi connectivity index (χ0n) is 6.96. The first-order valence-corrected chi connectivity index (χ1v) is 3.45. The summed E-state index contributed by atoms with van der Waals surface area (Å²) in [7, 11) is 0. The summed E-state index contributed by atoms with van der Waals surface area (Å²) in [5, 5.41) is 0. The SMILES string of the molecule is Cc1ccc(C(F)F)cc1.O=C=O. The van der Waals surface area contributed by atoms with E-state index in [1.54, 1.807) is 12.1 Å². The summed E-state index contributed by atoms with van der Waals surface area (Å²) in [5.41, 5.74) is 1.09. The van der Waals surface area contributed by atoms with Gasteiger partial charge in [-0.1, -0.05) is 29.8 Å². The predicted octanol–water partition coefficient (Wildman–Crippen LogP) is 2.35. The van der Waals surface area contributed by atoms with Crippen LogP contribution in [0.15, 0.2) is 24.3 Å². The van der Waals surface area contributed by atoms with Gasteiger partial charge in [0.2, 0.25) is 0 Å². The maximum atomic E-state index is 11.9. The van der Waals surface area contributed by atoms with Crippen LogP contribution >= 0.6 is 0 Å². The molecule has 4 heteroatoms. The van der Waals surface area contributed by atoms with Gasteiger partial charge in [-0.15, -0.1) is 0 Å². The van der Waals surface area contributed by atoms with E-state index in [9.17, 15) is 8.78 Å².